The Morgan fingerprint density at radius 1 is 0.944 bits per heavy atom. The fraction of sp³-hybridized carbons (Fsp3) is 0.133. The number of hydrogen-bond acceptors (Lipinski definition) is 2. The lowest BCUT2D eigenvalue weighted by molar-refractivity contribution is -0.138. The van der Waals surface area contributed by atoms with E-state index in [9.17, 15) is 4.79 Å². The van der Waals surface area contributed by atoms with Crippen LogP contribution in [0, 0.1) is 0 Å². The summed E-state index contributed by atoms with van der Waals surface area (Å²) in [5.41, 5.74) is 7.39. The molecule has 0 bridgehead atoms. The molecule has 0 aliphatic rings. The van der Waals surface area contributed by atoms with Gasteiger partial charge in [0.2, 0.25) is 0 Å². The van der Waals surface area contributed by atoms with Gasteiger partial charge in [-0.25, -0.2) is 0 Å². The molecule has 0 saturated carbocycles. The van der Waals surface area contributed by atoms with Crippen molar-refractivity contribution in [3.63, 3.8) is 0 Å². The Labute approximate surface area is 107 Å². The van der Waals surface area contributed by atoms with Crippen molar-refractivity contribution >= 4 is 5.97 Å². The molecule has 2 rings (SSSR count). The molecular formula is C15H17NO2. The zero-order valence-corrected chi connectivity index (χ0v) is 10.3. The lowest BCUT2D eigenvalue weighted by Crippen LogP contribution is -2.25. The van der Waals surface area contributed by atoms with Crippen LogP contribution in [0.15, 0.2) is 60.7 Å². The normalized spacial score (nSPS) is 11.0. The minimum atomic E-state index is -0.963. The highest BCUT2D eigenvalue weighted by molar-refractivity contribution is 5.72. The van der Waals surface area contributed by atoms with Crippen molar-refractivity contribution < 1.29 is 9.90 Å². The number of carboxylic acid groups (broad SMARTS) is 1. The van der Waals surface area contributed by atoms with Crippen LogP contribution >= 0.6 is 0 Å². The van der Waals surface area contributed by atoms with Crippen molar-refractivity contribution in [1.82, 2.24) is 0 Å². The van der Waals surface area contributed by atoms with Gasteiger partial charge in [0.05, 0.1) is 0 Å². The van der Waals surface area contributed by atoms with Crippen LogP contribution in [0.2, 0.25) is 0 Å². The SMILES string of the molecule is C[C@@H](N)C(=O)O.c1ccc(-c2ccccc2)cc1. The zero-order chi connectivity index (χ0) is 13.4. The van der Waals surface area contributed by atoms with Crippen LogP contribution < -0.4 is 5.73 Å². The molecule has 18 heavy (non-hydrogen) atoms. The minimum Gasteiger partial charge on any atom is -0.480 e. The first-order chi connectivity index (χ1) is 8.61. The van der Waals surface area contributed by atoms with Gasteiger partial charge in [-0.1, -0.05) is 60.7 Å². The van der Waals surface area contributed by atoms with Gasteiger partial charge in [-0.3, -0.25) is 4.79 Å². The highest BCUT2D eigenvalue weighted by Gasteiger charge is 1.99. The molecule has 3 N–H and O–H groups in total. The van der Waals surface area contributed by atoms with Crippen LogP contribution in [-0.2, 0) is 4.79 Å². The number of benzene rings is 2. The second-order valence-electron chi connectivity index (χ2n) is 3.86. The first-order valence-corrected chi connectivity index (χ1v) is 5.70. The summed E-state index contributed by atoms with van der Waals surface area (Å²) in [6, 6.07) is 20.0. The van der Waals surface area contributed by atoms with Crippen molar-refractivity contribution in [2.75, 3.05) is 0 Å². The standard InChI is InChI=1S/C12H10.C3H7NO2/c1-3-7-11(8-4-1)12-9-5-2-6-10-12;1-2(4)3(5)6/h1-10H;2H,4H2,1H3,(H,5,6)/t;2-/m.1/s1. The van der Waals surface area contributed by atoms with Crippen molar-refractivity contribution in [2.24, 2.45) is 5.73 Å². The lowest BCUT2D eigenvalue weighted by Gasteiger charge is -1.98. The van der Waals surface area contributed by atoms with Crippen molar-refractivity contribution in [3.8, 4) is 11.1 Å². The number of carboxylic acids is 1. The number of nitrogens with two attached hydrogens (primary N) is 1. The van der Waals surface area contributed by atoms with Gasteiger partial charge in [-0.2, -0.15) is 0 Å². The number of carbonyl (C=O) groups is 1. The molecule has 0 aliphatic carbocycles. The molecule has 0 spiro atoms. The molecule has 0 radical (unpaired) electrons. The molecule has 0 aromatic heterocycles. The van der Waals surface area contributed by atoms with Crippen LogP contribution in [0.1, 0.15) is 6.92 Å². The second-order valence-corrected chi connectivity index (χ2v) is 3.86. The fourth-order valence-electron chi connectivity index (χ4n) is 1.26. The molecule has 94 valence electrons. The van der Waals surface area contributed by atoms with Crippen LogP contribution in [0.25, 0.3) is 11.1 Å². The van der Waals surface area contributed by atoms with Crippen molar-refractivity contribution in [3.05, 3.63) is 60.7 Å². The maximum absolute atomic E-state index is 9.57. The lowest BCUT2D eigenvalue weighted by atomic mass is 10.1. The molecule has 0 fully saturated rings. The minimum absolute atomic E-state index is 0.731. The molecule has 0 aliphatic heterocycles. The molecular weight excluding hydrogens is 226 g/mol. The van der Waals surface area contributed by atoms with E-state index in [-0.39, 0.29) is 0 Å². The molecule has 3 nitrogen and oxygen atoms in total. The number of rotatable bonds is 2. The third-order valence-electron chi connectivity index (χ3n) is 2.27. The largest absolute Gasteiger partial charge is 0.480 e. The Morgan fingerprint density at radius 2 is 1.22 bits per heavy atom. The van der Waals surface area contributed by atoms with Crippen LogP contribution in [-0.4, -0.2) is 17.1 Å². The first kappa shape index (κ1) is 13.9. The Hall–Kier alpha value is -2.13. The molecule has 0 saturated heterocycles. The van der Waals surface area contributed by atoms with E-state index in [2.05, 4.69) is 48.5 Å². The number of hydrogen-bond donors (Lipinski definition) is 2. The highest BCUT2D eigenvalue weighted by Crippen LogP contribution is 2.17. The topological polar surface area (TPSA) is 63.3 Å². The summed E-state index contributed by atoms with van der Waals surface area (Å²) in [4.78, 5) is 9.57. The molecule has 0 heterocycles. The van der Waals surface area contributed by atoms with E-state index in [1.165, 1.54) is 18.1 Å². The summed E-state index contributed by atoms with van der Waals surface area (Å²) in [7, 11) is 0. The predicted molar refractivity (Wildman–Crippen MR) is 73.2 cm³/mol. The van der Waals surface area contributed by atoms with Gasteiger partial charge in [-0.05, 0) is 18.1 Å². The summed E-state index contributed by atoms with van der Waals surface area (Å²) in [5.74, 6) is -0.963. The zero-order valence-electron chi connectivity index (χ0n) is 10.3. The smallest absolute Gasteiger partial charge is 0.320 e. The second kappa shape index (κ2) is 7.25. The molecule has 2 aromatic carbocycles. The van der Waals surface area contributed by atoms with E-state index in [1.54, 1.807) is 0 Å². The Morgan fingerprint density at radius 3 is 1.44 bits per heavy atom. The van der Waals surface area contributed by atoms with Gasteiger partial charge in [-0.15, -0.1) is 0 Å². The number of aliphatic carboxylic acids is 1. The highest BCUT2D eigenvalue weighted by atomic mass is 16.4. The Kier molecular flexibility index (Phi) is 5.61. The molecule has 0 amide bonds. The first-order valence-electron chi connectivity index (χ1n) is 5.70. The van der Waals surface area contributed by atoms with Gasteiger partial charge < -0.3 is 10.8 Å². The van der Waals surface area contributed by atoms with E-state index in [0.717, 1.165) is 0 Å². The monoisotopic (exact) mass is 243 g/mol. The Bertz CT molecular complexity index is 429. The van der Waals surface area contributed by atoms with Gasteiger partial charge in [0.25, 0.3) is 0 Å². The molecule has 3 heteroatoms. The Balaban J connectivity index is 0.000000232. The summed E-state index contributed by atoms with van der Waals surface area (Å²) in [6.07, 6.45) is 0. The van der Waals surface area contributed by atoms with Crippen LogP contribution in [0.3, 0.4) is 0 Å². The molecule has 0 unspecified atom stereocenters. The summed E-state index contributed by atoms with van der Waals surface area (Å²) >= 11 is 0. The van der Waals surface area contributed by atoms with Gasteiger partial charge in [0.15, 0.2) is 0 Å². The van der Waals surface area contributed by atoms with E-state index in [1.807, 2.05) is 12.1 Å². The maximum Gasteiger partial charge on any atom is 0.320 e. The predicted octanol–water partition coefficient (Wildman–Crippen LogP) is 2.77. The van der Waals surface area contributed by atoms with E-state index in [4.69, 9.17) is 10.8 Å². The quantitative estimate of drug-likeness (QED) is 0.852. The van der Waals surface area contributed by atoms with Crippen molar-refractivity contribution in [1.29, 1.82) is 0 Å². The van der Waals surface area contributed by atoms with Crippen LogP contribution in [0.4, 0.5) is 0 Å². The van der Waals surface area contributed by atoms with Crippen molar-refractivity contribution in [2.45, 2.75) is 13.0 Å². The third kappa shape index (κ3) is 4.80. The van der Waals surface area contributed by atoms with Gasteiger partial charge in [0.1, 0.15) is 6.04 Å². The summed E-state index contributed by atoms with van der Waals surface area (Å²) in [5, 5.41) is 7.87. The summed E-state index contributed by atoms with van der Waals surface area (Å²) in [6.45, 7) is 1.42. The van der Waals surface area contributed by atoms with Crippen LogP contribution in [0.5, 0.6) is 0 Å². The summed E-state index contributed by atoms with van der Waals surface area (Å²) < 4.78 is 0. The fourth-order valence-corrected chi connectivity index (χ4v) is 1.26. The molecule has 2 aromatic rings. The van der Waals surface area contributed by atoms with E-state index in [0.29, 0.717) is 0 Å². The average molecular weight is 243 g/mol. The van der Waals surface area contributed by atoms with Gasteiger partial charge in [0, 0.05) is 0 Å². The molecule has 1 atom stereocenters. The third-order valence-corrected chi connectivity index (χ3v) is 2.27. The van der Waals surface area contributed by atoms with E-state index < -0.39 is 12.0 Å². The van der Waals surface area contributed by atoms with E-state index >= 15 is 0 Å². The van der Waals surface area contributed by atoms with Gasteiger partial charge >= 0.3 is 5.97 Å². The average Bonchev–Trinajstić information content (AvgIpc) is 2.41. The maximum atomic E-state index is 9.57.